The summed E-state index contributed by atoms with van der Waals surface area (Å²) in [5.41, 5.74) is -3.45. The largest absolute Gasteiger partial charge is 0.432 e. The van der Waals surface area contributed by atoms with Crippen LogP contribution in [0.1, 0.15) is 113 Å². The van der Waals surface area contributed by atoms with Crippen molar-refractivity contribution in [2.24, 2.45) is 50.2 Å². The van der Waals surface area contributed by atoms with E-state index in [1.54, 1.807) is 0 Å². The van der Waals surface area contributed by atoms with Gasteiger partial charge in [-0.2, -0.15) is 0 Å². The maximum absolute atomic E-state index is 16.0. The van der Waals surface area contributed by atoms with E-state index in [1.807, 2.05) is 0 Å². The fraction of sp³-hybridized carbons (Fsp3) is 0.959. The lowest BCUT2D eigenvalue weighted by Crippen LogP contribution is -2.69. The van der Waals surface area contributed by atoms with Gasteiger partial charge in [0.1, 0.15) is 158 Å². The van der Waals surface area contributed by atoms with E-state index in [1.165, 1.54) is 6.92 Å². The monoisotopic (exact) mass is 1600 g/mol. The molecule has 44 atom stereocenters. The van der Waals surface area contributed by atoms with Crippen molar-refractivity contribution in [2.45, 2.75) is 341 Å². The Bertz CT molecular complexity index is 3180. The minimum atomic E-state index is -2.10. The lowest BCUT2D eigenvalue weighted by Gasteiger charge is -2.71. The highest BCUT2D eigenvalue weighted by atomic mass is 16.8. The first-order chi connectivity index (χ1) is 52.1. The van der Waals surface area contributed by atoms with Gasteiger partial charge in [0, 0.05) is 0 Å². The number of hydrogen-bond donors (Lipinski definition) is 21. The van der Waals surface area contributed by atoms with Gasteiger partial charge < -0.3 is 183 Å². The second-order valence-corrected chi connectivity index (χ2v) is 35.4. The van der Waals surface area contributed by atoms with E-state index in [4.69, 9.17) is 75.8 Å². The van der Waals surface area contributed by atoms with Crippen LogP contribution in [0.15, 0.2) is 11.6 Å². The summed E-state index contributed by atoms with van der Waals surface area (Å²) >= 11 is 0. The number of rotatable bonds is 18. The van der Waals surface area contributed by atoms with Gasteiger partial charge in [-0.05, 0) is 110 Å². The highest BCUT2D eigenvalue weighted by molar-refractivity contribution is 5.80. The summed E-state index contributed by atoms with van der Waals surface area (Å²) in [7, 11) is 0. The van der Waals surface area contributed by atoms with Crippen molar-refractivity contribution in [1.82, 2.24) is 0 Å². The number of fused-ring (bicyclic) bond motifs is 7. The molecule has 5 aliphatic carbocycles. The maximum Gasteiger partial charge on any atom is 0.317 e. The van der Waals surface area contributed by atoms with Crippen LogP contribution >= 0.6 is 0 Å². The average Bonchev–Trinajstić information content (AvgIpc) is 0.670. The molecule has 12 fully saturated rings. The lowest BCUT2D eigenvalue weighted by atomic mass is 9.33. The molecule has 111 heavy (non-hydrogen) atoms. The zero-order valence-electron chi connectivity index (χ0n) is 63.3. The molecule has 8 heterocycles. The van der Waals surface area contributed by atoms with Crippen LogP contribution in [0, 0.1) is 50.2 Å². The molecule has 38 heteroatoms. The lowest BCUT2D eigenvalue weighted by molar-refractivity contribution is -0.398. The number of aliphatic hydroxyl groups excluding tert-OH is 21. The van der Waals surface area contributed by atoms with Crippen molar-refractivity contribution < 1.29 is 188 Å². The summed E-state index contributed by atoms with van der Waals surface area (Å²) < 4.78 is 95.7. The molecule has 0 aromatic heterocycles. The molecule has 0 spiro atoms. The van der Waals surface area contributed by atoms with Gasteiger partial charge in [0.25, 0.3) is 0 Å². The molecule has 0 radical (unpaired) electrons. The molecular formula is C73H118O38. The summed E-state index contributed by atoms with van der Waals surface area (Å²) in [6, 6.07) is 0. The first-order valence-electron chi connectivity index (χ1n) is 38.9. The van der Waals surface area contributed by atoms with Crippen LogP contribution in [0.5, 0.6) is 0 Å². The van der Waals surface area contributed by atoms with Crippen LogP contribution in [-0.2, 0) is 80.6 Å². The Morgan fingerprint density at radius 1 is 0.432 bits per heavy atom. The van der Waals surface area contributed by atoms with Crippen molar-refractivity contribution >= 4 is 5.97 Å². The second kappa shape index (κ2) is 33.1. The number of ether oxygens (including phenoxy) is 16. The summed E-state index contributed by atoms with van der Waals surface area (Å²) in [6.45, 7) is 12.5. The van der Waals surface area contributed by atoms with E-state index in [-0.39, 0.29) is 24.7 Å². The Kier molecular flexibility index (Phi) is 25.8. The van der Waals surface area contributed by atoms with Gasteiger partial charge in [-0.15, -0.1) is 0 Å². The second-order valence-electron chi connectivity index (χ2n) is 35.4. The number of carbonyl (C=O) groups excluding carboxylic acids is 1. The van der Waals surface area contributed by atoms with Crippen molar-refractivity contribution in [1.29, 1.82) is 0 Å². The number of carbonyl (C=O) groups is 1. The van der Waals surface area contributed by atoms with Crippen LogP contribution < -0.4 is 0 Å². The van der Waals surface area contributed by atoms with Crippen LogP contribution in [-0.4, -0.2) is 387 Å². The molecule has 4 saturated carbocycles. The molecule has 0 amide bonds. The molecule has 38 nitrogen and oxygen atoms in total. The number of esters is 1. The fourth-order valence-electron chi connectivity index (χ4n) is 21.0. The van der Waals surface area contributed by atoms with Crippen LogP contribution in [0.3, 0.4) is 0 Å². The summed E-state index contributed by atoms with van der Waals surface area (Å²) in [6.07, 6.45) is -56.4. The molecular weight excluding hydrogens is 1480 g/mol. The normalized spacial score (nSPS) is 54.8. The average molecular weight is 1600 g/mol. The fourth-order valence-corrected chi connectivity index (χ4v) is 21.0. The van der Waals surface area contributed by atoms with Gasteiger partial charge >= 0.3 is 5.97 Å². The summed E-state index contributed by atoms with van der Waals surface area (Å²) in [5, 5.41) is 233. The van der Waals surface area contributed by atoms with Gasteiger partial charge in [0.2, 0.25) is 6.29 Å². The van der Waals surface area contributed by atoms with Crippen molar-refractivity contribution in [3.05, 3.63) is 11.6 Å². The molecule has 13 rings (SSSR count). The third kappa shape index (κ3) is 15.5. The molecule has 638 valence electrons. The molecule has 0 aromatic rings. The topological polar surface area (TPSA) is 590 Å². The number of hydrogen-bond acceptors (Lipinski definition) is 38. The Balaban J connectivity index is 0.719. The minimum absolute atomic E-state index is 0.0197. The maximum atomic E-state index is 16.0. The van der Waals surface area contributed by atoms with Crippen LogP contribution in [0.25, 0.3) is 0 Å². The van der Waals surface area contributed by atoms with Gasteiger partial charge in [-0.1, -0.05) is 60.1 Å². The number of aliphatic hydroxyl groups is 21. The molecule has 8 aliphatic heterocycles. The van der Waals surface area contributed by atoms with Crippen molar-refractivity contribution in [3.63, 3.8) is 0 Å². The Morgan fingerprint density at radius 2 is 0.919 bits per heavy atom. The zero-order valence-corrected chi connectivity index (χ0v) is 63.3. The Hall–Kier alpha value is -2.23. The molecule has 21 N–H and O–H groups in total. The molecule has 0 unspecified atom stereocenters. The highest BCUT2D eigenvalue weighted by Gasteiger charge is 2.73. The zero-order chi connectivity index (χ0) is 80.6. The van der Waals surface area contributed by atoms with E-state index < -0.39 is 318 Å². The molecule has 8 saturated heterocycles. The van der Waals surface area contributed by atoms with Crippen LogP contribution in [0.4, 0.5) is 0 Å². The first-order valence-corrected chi connectivity index (χ1v) is 38.9. The van der Waals surface area contributed by atoms with Crippen LogP contribution in [0.2, 0.25) is 0 Å². The predicted molar refractivity (Wildman–Crippen MR) is 363 cm³/mol. The number of allylic oxidation sites excluding steroid dienone is 2. The van der Waals surface area contributed by atoms with Gasteiger partial charge in [-0.3, -0.25) is 4.79 Å². The Labute approximate surface area is 640 Å². The smallest absolute Gasteiger partial charge is 0.317 e. The summed E-state index contributed by atoms with van der Waals surface area (Å²) in [4.78, 5) is 16.0. The van der Waals surface area contributed by atoms with Gasteiger partial charge in [-0.25, -0.2) is 0 Å². The third-order valence-corrected chi connectivity index (χ3v) is 27.9. The molecule has 13 aliphatic rings. The van der Waals surface area contributed by atoms with Gasteiger partial charge in [0.15, 0.2) is 50.1 Å². The first kappa shape index (κ1) is 86.6. The standard InChI is InChI=1S/C73H118O38/c1-26-54(106-62-53(94)55(33(79)24-99-62)107-59-48(89)40(81)29(75)20-96-59)52(93)58(109-61-50(91)42(83)31(77)22-98-61)65(102-26)110-57-47(88)44(85)34(19-74)103-66(57)111-67(95)73-16-15-68(2,3)17-28(73)27-9-10-37-70(6)13-12-39(69(4,5)36(70)11-14-71(37,7)72(27,8)18-38(73)80)105-63-51(92)46(87)45(86)35(104-63)25-101-64-56(43(84)32(78)23-100-64)108-60-49(90)41(82)30(76)21-97-60/h9,26,28-66,74-94H,10-25H2,1-8H3/t26-,28-,29+,30+,31-,32-,33+,34+,35+,36-,37+,38+,39-,40-,41-,42-,43-,44+,45+,46-,47-,48+,49+,50+,51+,52+,53+,54-,55-,56+,57+,58+,59-,60-,61-,62-,63-,64-,65-,66-,70-,71+,72+,73+/m0/s1. The highest BCUT2D eigenvalue weighted by Crippen LogP contribution is 2.76. The molecule has 0 aromatic carbocycles. The van der Waals surface area contributed by atoms with E-state index in [2.05, 4.69) is 54.5 Å². The quantitative estimate of drug-likeness (QED) is 0.0344. The van der Waals surface area contributed by atoms with Gasteiger partial charge in [0.05, 0.1) is 64.6 Å². The van der Waals surface area contributed by atoms with E-state index in [0.717, 1.165) is 5.57 Å². The predicted octanol–water partition coefficient (Wildman–Crippen LogP) is -7.54. The van der Waals surface area contributed by atoms with Crippen molar-refractivity contribution in [3.8, 4) is 0 Å². The third-order valence-electron chi connectivity index (χ3n) is 27.9. The summed E-state index contributed by atoms with van der Waals surface area (Å²) in [5.74, 6) is -1.68. The van der Waals surface area contributed by atoms with E-state index >= 15 is 4.79 Å². The van der Waals surface area contributed by atoms with E-state index in [0.29, 0.717) is 44.9 Å². The Morgan fingerprint density at radius 3 is 1.50 bits per heavy atom. The van der Waals surface area contributed by atoms with E-state index in [9.17, 15) is 107 Å². The SMILES string of the molecule is C[C@@H]1O[C@@H](O[C@H]2[C@H](OC(=O)[C@]34CCC(C)(C)C[C@H]3C3=CC[C@@H]5[C@@]6(C)CC[C@H](O[C@@H]7O[C@H](CO[C@@H]8OC[C@H](O)[C@H](O)[C@H]8O[C@@H]8OC[C@@H](O)[C@H](O)[C@H]8O)[C@@H](O)[C@H](O)[C@H]7O)C(C)(C)[C@@H]6CC[C@@]5(C)[C@]3(C)C[C@H]4O)O[C@H](CO)[C@@H](O)[C@@H]2O)[C@H](O[C@@H]2OC[C@H](O)[C@H](O)[C@H]2O)[C@H](O)[C@H]1O[C@@H]1OC[C@@H](O)[C@H](O[C@@H]2OC[C@@H](O)[C@H](O)[C@H]2O)[C@H]1O. The molecule has 0 bridgehead atoms. The van der Waals surface area contributed by atoms with Crippen molar-refractivity contribution in [2.75, 3.05) is 46.2 Å². The minimum Gasteiger partial charge on any atom is -0.432 e.